The Balaban J connectivity index is 1.67. The topological polar surface area (TPSA) is 118 Å². The first kappa shape index (κ1) is 25.2. The van der Waals surface area contributed by atoms with E-state index in [1.807, 2.05) is 0 Å². The first-order valence-electron chi connectivity index (χ1n) is 11.5. The smallest absolute Gasteiger partial charge is 0.407 e. The maximum atomic E-state index is 13.8. The Morgan fingerprint density at radius 1 is 1.22 bits per heavy atom. The molecule has 1 N–H and O–H groups in total. The van der Waals surface area contributed by atoms with E-state index in [0.29, 0.717) is 46.8 Å². The van der Waals surface area contributed by atoms with Gasteiger partial charge in [-0.25, -0.2) is 14.6 Å². The number of esters is 1. The van der Waals surface area contributed by atoms with Gasteiger partial charge >= 0.3 is 12.1 Å². The summed E-state index contributed by atoms with van der Waals surface area (Å²) < 4.78 is 6.60. The van der Waals surface area contributed by atoms with Crippen LogP contribution in [0.5, 0.6) is 0 Å². The van der Waals surface area contributed by atoms with E-state index in [-0.39, 0.29) is 24.9 Å². The van der Waals surface area contributed by atoms with Crippen molar-refractivity contribution >= 4 is 35.4 Å². The number of carboxylic acid groups (broad SMARTS) is 1. The summed E-state index contributed by atoms with van der Waals surface area (Å²) in [5, 5.41) is 14.0. The van der Waals surface area contributed by atoms with Crippen LogP contribution in [0, 0.1) is 0 Å². The number of ether oxygens (including phenoxy) is 1. The Morgan fingerprint density at radius 3 is 2.64 bits per heavy atom. The van der Waals surface area contributed by atoms with Gasteiger partial charge in [-0.1, -0.05) is 23.7 Å². The molecule has 2 amide bonds. The van der Waals surface area contributed by atoms with Gasteiger partial charge in [-0.15, -0.1) is 0 Å². The monoisotopic (exact) mass is 511 g/mol. The number of piperidine rings is 1. The Bertz CT molecular complexity index is 1280. The van der Waals surface area contributed by atoms with Crippen molar-refractivity contribution in [3.63, 3.8) is 0 Å². The summed E-state index contributed by atoms with van der Waals surface area (Å²) in [4.78, 5) is 44.9. The maximum Gasteiger partial charge on any atom is 0.407 e. The highest BCUT2D eigenvalue weighted by atomic mass is 35.5. The Kier molecular flexibility index (Phi) is 7.54. The molecule has 11 heteroatoms. The van der Waals surface area contributed by atoms with Crippen molar-refractivity contribution in [3.05, 3.63) is 65.1 Å². The highest BCUT2D eigenvalue weighted by Crippen LogP contribution is 2.30. The zero-order chi connectivity index (χ0) is 25.8. The molecule has 0 bridgehead atoms. The number of aromatic nitrogens is 3. The van der Waals surface area contributed by atoms with Gasteiger partial charge in [0.1, 0.15) is 0 Å². The molecule has 1 atom stereocenters. The van der Waals surface area contributed by atoms with Gasteiger partial charge in [0.2, 0.25) is 0 Å². The molecule has 0 radical (unpaired) electrons. The van der Waals surface area contributed by atoms with Gasteiger partial charge in [-0.05, 0) is 49.6 Å². The number of nitrogens with zero attached hydrogens (tertiary/aromatic N) is 5. The van der Waals surface area contributed by atoms with Crippen LogP contribution in [-0.2, 0) is 11.8 Å². The summed E-state index contributed by atoms with van der Waals surface area (Å²) in [7, 11) is 1.66. The quantitative estimate of drug-likeness (QED) is 0.495. The number of halogens is 1. The van der Waals surface area contributed by atoms with E-state index in [2.05, 4.69) is 10.1 Å². The first-order chi connectivity index (χ1) is 17.3. The van der Waals surface area contributed by atoms with Crippen molar-refractivity contribution in [2.24, 2.45) is 7.05 Å². The zero-order valence-electron chi connectivity index (χ0n) is 19.9. The second kappa shape index (κ2) is 10.8. The summed E-state index contributed by atoms with van der Waals surface area (Å²) in [6, 6.07) is 9.66. The molecule has 1 saturated heterocycles. The first-order valence-corrected chi connectivity index (χ1v) is 11.9. The summed E-state index contributed by atoms with van der Waals surface area (Å²) in [6.07, 6.45) is 3.31. The van der Waals surface area contributed by atoms with Gasteiger partial charge in [-0.2, -0.15) is 5.10 Å². The molecule has 3 heterocycles. The minimum Gasteiger partial charge on any atom is -0.465 e. The van der Waals surface area contributed by atoms with Crippen LogP contribution in [0.3, 0.4) is 0 Å². The van der Waals surface area contributed by atoms with E-state index in [9.17, 15) is 19.5 Å². The van der Waals surface area contributed by atoms with Crippen LogP contribution in [-0.4, -0.2) is 68.5 Å². The molecule has 36 heavy (non-hydrogen) atoms. The highest BCUT2D eigenvalue weighted by molar-refractivity contribution is 6.33. The van der Waals surface area contributed by atoms with Gasteiger partial charge in [0.15, 0.2) is 11.5 Å². The Labute approximate surface area is 213 Å². The van der Waals surface area contributed by atoms with Crippen LogP contribution in [0.25, 0.3) is 11.1 Å². The molecule has 1 fully saturated rings. The molecule has 0 spiro atoms. The number of carbonyl (C=O) groups is 3. The average Bonchev–Trinajstić information content (AvgIpc) is 3.27. The fourth-order valence-corrected chi connectivity index (χ4v) is 4.56. The second-order valence-corrected chi connectivity index (χ2v) is 8.74. The van der Waals surface area contributed by atoms with Crippen LogP contribution >= 0.6 is 11.6 Å². The Morgan fingerprint density at radius 2 is 1.97 bits per heavy atom. The lowest BCUT2D eigenvalue weighted by molar-refractivity contribution is 0.0514. The third-order valence-corrected chi connectivity index (χ3v) is 6.36. The summed E-state index contributed by atoms with van der Waals surface area (Å²) in [5.74, 6) is -0.553. The van der Waals surface area contributed by atoms with Gasteiger partial charge < -0.3 is 14.7 Å². The predicted molar refractivity (Wildman–Crippen MR) is 133 cm³/mol. The number of aryl methyl sites for hydroxylation is 1. The normalized spacial score (nSPS) is 15.4. The van der Waals surface area contributed by atoms with Crippen molar-refractivity contribution < 1.29 is 24.2 Å². The molecular formula is C25H26ClN5O5. The minimum atomic E-state index is -1.03. The molecule has 0 aliphatic carbocycles. The van der Waals surface area contributed by atoms with E-state index in [1.165, 1.54) is 14.5 Å². The van der Waals surface area contributed by atoms with Gasteiger partial charge in [0.05, 0.1) is 23.9 Å². The SMILES string of the molecule is CCOC(=O)c1c(-c2ccc(C(=O)N(c3ncccc3Cl)[C@@H]3CCCN(C(=O)O)C3)cc2)cnn1C. The fourth-order valence-electron chi connectivity index (χ4n) is 4.35. The number of hydrogen-bond acceptors (Lipinski definition) is 6. The van der Waals surface area contributed by atoms with Crippen molar-refractivity contribution in [3.8, 4) is 11.1 Å². The fraction of sp³-hybridized carbons (Fsp3) is 0.320. The molecule has 4 rings (SSSR count). The minimum absolute atomic E-state index is 0.157. The maximum absolute atomic E-state index is 13.8. The standard InChI is InChI=1S/C25H26ClN5O5/c1-3-36-24(33)21-19(14-28-29(21)2)16-8-10-17(11-9-16)23(32)31(22-20(26)7-4-12-27-22)18-6-5-13-30(15-18)25(34)35/h4,7-12,14,18H,3,5-6,13,15H2,1-2H3,(H,34,35)/t18-/m1/s1. The van der Waals surface area contributed by atoms with E-state index < -0.39 is 18.1 Å². The van der Waals surface area contributed by atoms with Crippen LogP contribution in [0.1, 0.15) is 40.6 Å². The Hall–Kier alpha value is -3.92. The van der Waals surface area contributed by atoms with E-state index in [0.717, 1.165) is 0 Å². The van der Waals surface area contributed by atoms with Crippen LogP contribution in [0.15, 0.2) is 48.8 Å². The molecule has 1 aliphatic heterocycles. The number of hydrogen-bond donors (Lipinski definition) is 1. The van der Waals surface area contributed by atoms with E-state index >= 15 is 0 Å². The third kappa shape index (κ3) is 5.03. The number of anilines is 1. The van der Waals surface area contributed by atoms with Crippen LogP contribution in [0.4, 0.5) is 10.6 Å². The molecule has 1 aromatic carbocycles. The molecular weight excluding hydrogens is 486 g/mol. The number of rotatable bonds is 6. The predicted octanol–water partition coefficient (Wildman–Crippen LogP) is 4.10. The summed E-state index contributed by atoms with van der Waals surface area (Å²) in [6.45, 7) is 2.54. The summed E-state index contributed by atoms with van der Waals surface area (Å²) >= 11 is 6.41. The van der Waals surface area contributed by atoms with Crippen molar-refractivity contribution in [1.29, 1.82) is 0 Å². The molecule has 0 unspecified atom stereocenters. The molecule has 1 aliphatic rings. The van der Waals surface area contributed by atoms with E-state index in [4.69, 9.17) is 16.3 Å². The molecule has 2 aromatic heterocycles. The summed E-state index contributed by atoms with van der Waals surface area (Å²) in [5.41, 5.74) is 1.96. The van der Waals surface area contributed by atoms with Crippen LogP contribution < -0.4 is 4.90 Å². The second-order valence-electron chi connectivity index (χ2n) is 8.34. The largest absolute Gasteiger partial charge is 0.465 e. The van der Waals surface area contributed by atoms with Crippen molar-refractivity contribution in [2.75, 3.05) is 24.6 Å². The number of carbonyl (C=O) groups excluding carboxylic acids is 2. The van der Waals surface area contributed by atoms with Gasteiger partial charge in [0, 0.05) is 37.5 Å². The lowest BCUT2D eigenvalue weighted by Gasteiger charge is -2.38. The average molecular weight is 512 g/mol. The number of likely N-dealkylation sites (tertiary alicyclic amines) is 1. The zero-order valence-corrected chi connectivity index (χ0v) is 20.7. The lowest BCUT2D eigenvalue weighted by Crippen LogP contribution is -2.52. The van der Waals surface area contributed by atoms with Crippen molar-refractivity contribution in [2.45, 2.75) is 25.8 Å². The lowest BCUT2D eigenvalue weighted by atomic mass is 10.0. The number of pyridine rings is 1. The molecule has 10 nitrogen and oxygen atoms in total. The van der Waals surface area contributed by atoms with Crippen molar-refractivity contribution in [1.82, 2.24) is 19.7 Å². The van der Waals surface area contributed by atoms with Gasteiger partial charge in [0.25, 0.3) is 5.91 Å². The molecule has 3 aromatic rings. The van der Waals surface area contributed by atoms with Crippen LogP contribution in [0.2, 0.25) is 5.02 Å². The van der Waals surface area contributed by atoms with Gasteiger partial charge in [-0.3, -0.25) is 14.4 Å². The van der Waals surface area contributed by atoms with E-state index in [1.54, 1.807) is 62.8 Å². The molecule has 188 valence electrons. The molecule has 0 saturated carbocycles. The number of amides is 2. The highest BCUT2D eigenvalue weighted by Gasteiger charge is 2.34. The number of benzene rings is 1. The third-order valence-electron chi connectivity index (χ3n) is 6.07.